The van der Waals surface area contributed by atoms with Gasteiger partial charge >= 0.3 is 0 Å². The highest BCUT2D eigenvalue weighted by Crippen LogP contribution is 2.27. The summed E-state index contributed by atoms with van der Waals surface area (Å²) in [5.74, 6) is 0.779. The molecule has 0 spiro atoms. The fraction of sp³-hybridized carbons (Fsp3) is 0.0909. The van der Waals surface area contributed by atoms with Gasteiger partial charge in [-0.1, -0.05) is 30.8 Å². The molecule has 4 nitrogen and oxygen atoms in total. The quantitative estimate of drug-likeness (QED) is 0.504. The second-order valence-electron chi connectivity index (χ2n) is 6.32. The number of nitrogens with zero attached hydrogens (tertiary/aromatic N) is 2. The SMILES string of the molecule is C=C(c1ccc(NCc2ccc(CF)cc2)nc1)c1c[nH]c2ncccc12. The molecule has 1 aromatic carbocycles. The first-order chi connectivity index (χ1) is 13.2. The van der Waals surface area contributed by atoms with Gasteiger partial charge in [-0.2, -0.15) is 0 Å². The number of pyridine rings is 2. The monoisotopic (exact) mass is 358 g/mol. The van der Waals surface area contributed by atoms with Crippen molar-refractivity contribution in [2.24, 2.45) is 0 Å². The van der Waals surface area contributed by atoms with Crippen LogP contribution in [0.3, 0.4) is 0 Å². The summed E-state index contributed by atoms with van der Waals surface area (Å²) in [6.07, 6.45) is 5.50. The van der Waals surface area contributed by atoms with Crippen molar-refractivity contribution in [1.82, 2.24) is 15.0 Å². The molecule has 27 heavy (non-hydrogen) atoms. The summed E-state index contributed by atoms with van der Waals surface area (Å²) in [6.45, 7) is 4.41. The first-order valence-corrected chi connectivity index (χ1v) is 8.70. The fourth-order valence-corrected chi connectivity index (χ4v) is 2.98. The molecule has 4 rings (SSSR count). The van der Waals surface area contributed by atoms with Gasteiger partial charge in [0, 0.05) is 41.6 Å². The van der Waals surface area contributed by atoms with Gasteiger partial charge in [0.2, 0.25) is 0 Å². The van der Waals surface area contributed by atoms with Crippen LogP contribution in [-0.2, 0) is 13.2 Å². The second kappa shape index (κ2) is 7.41. The van der Waals surface area contributed by atoms with Gasteiger partial charge in [-0.25, -0.2) is 14.4 Å². The lowest BCUT2D eigenvalue weighted by Gasteiger charge is -2.08. The third-order valence-corrected chi connectivity index (χ3v) is 4.54. The average molecular weight is 358 g/mol. The van der Waals surface area contributed by atoms with E-state index in [-0.39, 0.29) is 0 Å². The molecular weight excluding hydrogens is 339 g/mol. The first kappa shape index (κ1) is 17.0. The summed E-state index contributed by atoms with van der Waals surface area (Å²) in [5.41, 5.74) is 5.49. The van der Waals surface area contributed by atoms with Crippen LogP contribution in [0.15, 0.2) is 73.7 Å². The number of nitrogens with one attached hydrogen (secondary N) is 2. The van der Waals surface area contributed by atoms with Gasteiger partial charge in [0.1, 0.15) is 18.1 Å². The van der Waals surface area contributed by atoms with Crippen molar-refractivity contribution in [1.29, 1.82) is 0 Å². The van der Waals surface area contributed by atoms with E-state index >= 15 is 0 Å². The van der Waals surface area contributed by atoms with Crippen LogP contribution in [0, 0.1) is 0 Å². The minimum atomic E-state index is -0.437. The molecule has 3 aromatic heterocycles. The fourth-order valence-electron chi connectivity index (χ4n) is 2.98. The molecule has 134 valence electrons. The summed E-state index contributed by atoms with van der Waals surface area (Å²) in [6, 6.07) is 15.3. The Balaban J connectivity index is 1.46. The first-order valence-electron chi connectivity index (χ1n) is 8.70. The van der Waals surface area contributed by atoms with Crippen LogP contribution in [0.25, 0.3) is 16.6 Å². The molecule has 0 aliphatic heterocycles. The van der Waals surface area contributed by atoms with Crippen LogP contribution < -0.4 is 5.32 Å². The average Bonchev–Trinajstić information content (AvgIpc) is 3.16. The van der Waals surface area contributed by atoms with E-state index in [9.17, 15) is 4.39 Å². The lowest BCUT2D eigenvalue weighted by molar-refractivity contribution is 0.485. The number of H-pyrrole nitrogens is 1. The van der Waals surface area contributed by atoms with Gasteiger partial charge in [-0.05, 0) is 41.0 Å². The molecule has 0 radical (unpaired) electrons. The van der Waals surface area contributed by atoms with Crippen molar-refractivity contribution >= 4 is 22.4 Å². The molecule has 0 bridgehead atoms. The summed E-state index contributed by atoms with van der Waals surface area (Å²) in [4.78, 5) is 12.0. The van der Waals surface area contributed by atoms with Crippen LogP contribution in [-0.4, -0.2) is 15.0 Å². The molecular formula is C22H19FN4. The Bertz CT molecular complexity index is 1070. The standard InChI is InChI=1S/C22H19FN4/c1-15(20-14-27-22-19(20)3-2-10-24-22)18-8-9-21(26-13-18)25-12-17-6-4-16(11-23)5-7-17/h2-10,13-14H,1,11-12H2,(H,24,27)(H,25,26). The maximum absolute atomic E-state index is 12.6. The molecule has 0 amide bonds. The molecule has 0 fully saturated rings. The number of hydrogen-bond acceptors (Lipinski definition) is 3. The van der Waals surface area contributed by atoms with E-state index in [2.05, 4.69) is 26.8 Å². The third kappa shape index (κ3) is 3.58. The van der Waals surface area contributed by atoms with Gasteiger partial charge in [0.25, 0.3) is 0 Å². The normalized spacial score (nSPS) is 10.9. The van der Waals surface area contributed by atoms with Crippen molar-refractivity contribution < 1.29 is 4.39 Å². The number of anilines is 1. The summed E-state index contributed by atoms with van der Waals surface area (Å²) in [5, 5.41) is 4.32. The highest BCUT2D eigenvalue weighted by atomic mass is 19.1. The van der Waals surface area contributed by atoms with Gasteiger partial charge in [-0.3, -0.25) is 0 Å². The Morgan fingerprint density at radius 2 is 1.85 bits per heavy atom. The number of aromatic nitrogens is 3. The smallest absolute Gasteiger partial charge is 0.137 e. The van der Waals surface area contributed by atoms with Crippen LogP contribution in [0.5, 0.6) is 0 Å². The Kier molecular flexibility index (Phi) is 4.66. The molecule has 0 aliphatic rings. The minimum Gasteiger partial charge on any atom is -0.366 e. The molecule has 4 aromatic rings. The Labute approximate surface area is 156 Å². The lowest BCUT2D eigenvalue weighted by Crippen LogP contribution is -2.01. The molecule has 2 N–H and O–H groups in total. The largest absolute Gasteiger partial charge is 0.366 e. The maximum atomic E-state index is 12.6. The van der Waals surface area contributed by atoms with Crippen molar-refractivity contribution in [2.45, 2.75) is 13.2 Å². The molecule has 0 atom stereocenters. The Morgan fingerprint density at radius 3 is 2.59 bits per heavy atom. The summed E-state index contributed by atoms with van der Waals surface area (Å²) >= 11 is 0. The molecule has 0 unspecified atom stereocenters. The minimum absolute atomic E-state index is 0.437. The summed E-state index contributed by atoms with van der Waals surface area (Å²) in [7, 11) is 0. The lowest BCUT2D eigenvalue weighted by atomic mass is 10.0. The zero-order chi connectivity index (χ0) is 18.6. The van der Waals surface area contributed by atoms with E-state index in [1.54, 1.807) is 18.3 Å². The number of hydrogen-bond donors (Lipinski definition) is 2. The topological polar surface area (TPSA) is 53.6 Å². The number of halogens is 1. The zero-order valence-corrected chi connectivity index (χ0v) is 14.7. The van der Waals surface area contributed by atoms with E-state index in [0.717, 1.165) is 39.1 Å². The van der Waals surface area contributed by atoms with Crippen LogP contribution in [0.4, 0.5) is 10.2 Å². The van der Waals surface area contributed by atoms with E-state index in [4.69, 9.17) is 0 Å². The highest BCUT2D eigenvalue weighted by Gasteiger charge is 2.09. The number of alkyl halides is 1. The van der Waals surface area contributed by atoms with Crippen molar-refractivity contribution in [2.75, 3.05) is 5.32 Å². The van der Waals surface area contributed by atoms with Gasteiger partial charge < -0.3 is 10.3 Å². The number of benzene rings is 1. The number of rotatable bonds is 6. The third-order valence-electron chi connectivity index (χ3n) is 4.54. The molecule has 0 saturated carbocycles. The number of aromatic amines is 1. The van der Waals surface area contributed by atoms with Crippen molar-refractivity contribution in [3.05, 3.63) is 96.0 Å². The van der Waals surface area contributed by atoms with Gasteiger partial charge in [0.05, 0.1) is 0 Å². The Morgan fingerprint density at radius 1 is 1.04 bits per heavy atom. The highest BCUT2D eigenvalue weighted by molar-refractivity contribution is 5.94. The second-order valence-corrected chi connectivity index (χ2v) is 6.32. The molecule has 5 heteroatoms. The van der Waals surface area contributed by atoms with Crippen LogP contribution >= 0.6 is 0 Å². The molecule has 3 heterocycles. The van der Waals surface area contributed by atoms with E-state index < -0.39 is 6.67 Å². The van der Waals surface area contributed by atoms with Gasteiger partial charge in [-0.15, -0.1) is 0 Å². The molecule has 0 aliphatic carbocycles. The Hall–Kier alpha value is -3.47. The van der Waals surface area contributed by atoms with Crippen molar-refractivity contribution in [3.8, 4) is 0 Å². The predicted molar refractivity (Wildman–Crippen MR) is 107 cm³/mol. The summed E-state index contributed by atoms with van der Waals surface area (Å²) < 4.78 is 12.6. The maximum Gasteiger partial charge on any atom is 0.137 e. The molecule has 0 saturated heterocycles. The van der Waals surface area contributed by atoms with E-state index in [1.807, 2.05) is 48.8 Å². The number of fused-ring (bicyclic) bond motifs is 1. The van der Waals surface area contributed by atoms with Crippen LogP contribution in [0.1, 0.15) is 22.3 Å². The predicted octanol–water partition coefficient (Wildman–Crippen LogP) is 5.10. The van der Waals surface area contributed by atoms with Gasteiger partial charge in [0.15, 0.2) is 0 Å². The van der Waals surface area contributed by atoms with Crippen LogP contribution in [0.2, 0.25) is 0 Å². The van der Waals surface area contributed by atoms with E-state index in [0.29, 0.717) is 12.1 Å². The zero-order valence-electron chi connectivity index (χ0n) is 14.7. The van der Waals surface area contributed by atoms with Crippen molar-refractivity contribution in [3.63, 3.8) is 0 Å². The van der Waals surface area contributed by atoms with E-state index in [1.165, 1.54) is 0 Å².